The van der Waals surface area contributed by atoms with Crippen LogP contribution in [0, 0.1) is 42.3 Å². The van der Waals surface area contributed by atoms with Crippen LogP contribution < -0.4 is 0 Å². The number of rotatable bonds is 2. The van der Waals surface area contributed by atoms with Crippen LogP contribution >= 0.6 is 11.6 Å². The molecule has 3 saturated carbocycles. The van der Waals surface area contributed by atoms with Crippen molar-refractivity contribution < 1.29 is 9.50 Å². The van der Waals surface area contributed by atoms with Crippen molar-refractivity contribution in [3.05, 3.63) is 34.1 Å². The number of fused-ring (bicyclic) bond motifs is 5. The van der Waals surface area contributed by atoms with E-state index in [1.165, 1.54) is 25.3 Å². The van der Waals surface area contributed by atoms with E-state index in [4.69, 9.17) is 11.6 Å². The Labute approximate surface area is 117 Å². The quantitative estimate of drug-likeness (QED) is 0.864. The summed E-state index contributed by atoms with van der Waals surface area (Å²) in [5.41, 5.74) is 1.28. The Kier molecular flexibility index (Phi) is 2.53. The van der Waals surface area contributed by atoms with Gasteiger partial charge in [0.25, 0.3) is 0 Å². The van der Waals surface area contributed by atoms with E-state index >= 15 is 0 Å². The molecule has 1 N–H and O–H groups in total. The van der Waals surface area contributed by atoms with Gasteiger partial charge in [-0.3, -0.25) is 0 Å². The molecule has 0 amide bonds. The van der Waals surface area contributed by atoms with Gasteiger partial charge in [-0.2, -0.15) is 0 Å². The Balaban J connectivity index is 1.62. The number of benzene rings is 1. The van der Waals surface area contributed by atoms with E-state index in [0.29, 0.717) is 28.3 Å². The first kappa shape index (κ1) is 12.2. The summed E-state index contributed by atoms with van der Waals surface area (Å²) in [6.07, 6.45) is 3.54. The van der Waals surface area contributed by atoms with Crippen molar-refractivity contribution in [2.75, 3.05) is 0 Å². The molecule has 5 unspecified atom stereocenters. The van der Waals surface area contributed by atoms with E-state index in [1.807, 2.05) is 0 Å². The number of aryl methyl sites for hydroxylation is 1. The molecule has 0 heterocycles. The van der Waals surface area contributed by atoms with Crippen LogP contribution in [0.5, 0.6) is 0 Å². The Hall–Kier alpha value is -0.600. The number of halogens is 2. The second-order valence-corrected chi connectivity index (χ2v) is 7.04. The second kappa shape index (κ2) is 3.95. The zero-order valence-electron chi connectivity index (χ0n) is 10.9. The standard InChI is InChI=1S/C16H18ClFO/c1-7-4-10(11(17)6-12(7)18)16(19)15-13-8-2-3-9(5-8)14(13)15/h4,6,8-9,13-16,19H,2-3,5H2,1H3. The Morgan fingerprint density at radius 3 is 2.53 bits per heavy atom. The molecule has 0 aromatic heterocycles. The summed E-state index contributed by atoms with van der Waals surface area (Å²) in [6.45, 7) is 1.72. The number of hydrogen-bond donors (Lipinski definition) is 1. The van der Waals surface area contributed by atoms with Gasteiger partial charge in [-0.05, 0) is 79.0 Å². The van der Waals surface area contributed by atoms with Crippen LogP contribution in [-0.4, -0.2) is 5.11 Å². The second-order valence-electron chi connectivity index (χ2n) is 6.63. The number of hydrogen-bond acceptors (Lipinski definition) is 1. The highest BCUT2D eigenvalue weighted by atomic mass is 35.5. The van der Waals surface area contributed by atoms with Crippen molar-refractivity contribution in [3.8, 4) is 0 Å². The molecule has 3 heteroatoms. The van der Waals surface area contributed by atoms with E-state index in [2.05, 4.69) is 0 Å². The third-order valence-corrected chi connectivity index (χ3v) is 6.08. The zero-order chi connectivity index (χ0) is 13.3. The first-order valence-electron chi connectivity index (χ1n) is 7.21. The van der Waals surface area contributed by atoms with Gasteiger partial charge in [0.1, 0.15) is 5.82 Å². The fourth-order valence-corrected chi connectivity index (χ4v) is 5.19. The Bertz CT molecular complexity index is 528. The van der Waals surface area contributed by atoms with Crippen LogP contribution in [0.4, 0.5) is 4.39 Å². The summed E-state index contributed by atoms with van der Waals surface area (Å²) in [7, 11) is 0. The number of aliphatic hydroxyl groups excluding tert-OH is 1. The van der Waals surface area contributed by atoms with Crippen LogP contribution in [-0.2, 0) is 0 Å². The highest BCUT2D eigenvalue weighted by molar-refractivity contribution is 6.31. The van der Waals surface area contributed by atoms with Gasteiger partial charge in [0.2, 0.25) is 0 Å². The van der Waals surface area contributed by atoms with Crippen LogP contribution in [0.3, 0.4) is 0 Å². The summed E-state index contributed by atoms with van der Waals surface area (Å²) in [5, 5.41) is 11.0. The average molecular weight is 281 g/mol. The lowest BCUT2D eigenvalue weighted by Crippen LogP contribution is -2.09. The normalized spacial score (nSPS) is 40.3. The highest BCUT2D eigenvalue weighted by Gasteiger charge is 2.66. The Morgan fingerprint density at radius 1 is 1.26 bits per heavy atom. The van der Waals surface area contributed by atoms with E-state index < -0.39 is 6.10 Å². The van der Waals surface area contributed by atoms with Gasteiger partial charge in [0.05, 0.1) is 6.10 Å². The van der Waals surface area contributed by atoms with Gasteiger partial charge >= 0.3 is 0 Å². The van der Waals surface area contributed by atoms with Crippen molar-refractivity contribution in [2.24, 2.45) is 29.6 Å². The first-order valence-corrected chi connectivity index (χ1v) is 7.59. The maximum Gasteiger partial charge on any atom is 0.127 e. The minimum absolute atomic E-state index is 0.294. The molecule has 102 valence electrons. The summed E-state index contributed by atoms with van der Waals surface area (Å²) in [6, 6.07) is 3.06. The summed E-state index contributed by atoms with van der Waals surface area (Å²) in [4.78, 5) is 0. The SMILES string of the molecule is Cc1cc(C(O)C2C3C4CCC(C4)C32)c(Cl)cc1F. The lowest BCUT2D eigenvalue weighted by atomic mass is 9.94. The smallest absolute Gasteiger partial charge is 0.127 e. The maximum atomic E-state index is 13.4. The minimum atomic E-state index is -0.509. The van der Waals surface area contributed by atoms with Crippen LogP contribution in [0.15, 0.2) is 12.1 Å². The van der Waals surface area contributed by atoms with Crippen LogP contribution in [0.25, 0.3) is 0 Å². The predicted octanol–water partition coefficient (Wildman–Crippen LogP) is 4.11. The van der Waals surface area contributed by atoms with E-state index in [-0.39, 0.29) is 5.82 Å². The molecule has 0 saturated heterocycles. The third-order valence-electron chi connectivity index (χ3n) is 5.76. The Morgan fingerprint density at radius 2 is 1.89 bits per heavy atom. The molecule has 1 aromatic carbocycles. The molecule has 1 aromatic rings. The lowest BCUT2D eigenvalue weighted by Gasteiger charge is -2.17. The first-order chi connectivity index (χ1) is 9.08. The molecule has 2 bridgehead atoms. The van der Waals surface area contributed by atoms with Crippen molar-refractivity contribution in [1.82, 2.24) is 0 Å². The van der Waals surface area contributed by atoms with E-state index in [1.54, 1.807) is 13.0 Å². The van der Waals surface area contributed by atoms with Gasteiger partial charge < -0.3 is 5.11 Å². The molecule has 5 atom stereocenters. The highest BCUT2D eigenvalue weighted by Crippen LogP contribution is 2.72. The molecular weight excluding hydrogens is 263 g/mol. The molecule has 3 aliphatic carbocycles. The minimum Gasteiger partial charge on any atom is -0.388 e. The largest absolute Gasteiger partial charge is 0.388 e. The van der Waals surface area contributed by atoms with Gasteiger partial charge in [-0.1, -0.05) is 11.6 Å². The third kappa shape index (κ3) is 1.62. The molecule has 3 fully saturated rings. The molecule has 3 aliphatic rings. The molecule has 0 spiro atoms. The van der Waals surface area contributed by atoms with Crippen LogP contribution in [0.1, 0.15) is 36.5 Å². The molecule has 19 heavy (non-hydrogen) atoms. The van der Waals surface area contributed by atoms with Crippen LogP contribution in [0.2, 0.25) is 5.02 Å². The summed E-state index contributed by atoms with van der Waals surface area (Å²) >= 11 is 6.11. The summed E-state index contributed by atoms with van der Waals surface area (Å²) in [5.74, 6) is 3.14. The van der Waals surface area contributed by atoms with Crippen molar-refractivity contribution >= 4 is 11.6 Å². The molecule has 0 aliphatic heterocycles. The number of aliphatic hydroxyl groups is 1. The predicted molar refractivity (Wildman–Crippen MR) is 72.4 cm³/mol. The summed E-state index contributed by atoms with van der Waals surface area (Å²) < 4.78 is 13.4. The maximum absolute atomic E-state index is 13.4. The molecule has 1 nitrogen and oxygen atoms in total. The van der Waals surface area contributed by atoms with Gasteiger partial charge in [0.15, 0.2) is 0 Å². The zero-order valence-corrected chi connectivity index (χ0v) is 11.7. The molecular formula is C16H18ClFO. The molecule has 0 radical (unpaired) electrons. The van der Waals surface area contributed by atoms with Crippen molar-refractivity contribution in [2.45, 2.75) is 32.3 Å². The lowest BCUT2D eigenvalue weighted by molar-refractivity contribution is 0.130. The van der Waals surface area contributed by atoms with Crippen molar-refractivity contribution in [1.29, 1.82) is 0 Å². The molecule has 4 rings (SSSR count). The van der Waals surface area contributed by atoms with Gasteiger partial charge in [0, 0.05) is 5.02 Å². The average Bonchev–Trinajstić information content (AvgIpc) is 2.81. The topological polar surface area (TPSA) is 20.2 Å². The van der Waals surface area contributed by atoms with E-state index in [9.17, 15) is 9.50 Å². The fourth-order valence-electron chi connectivity index (χ4n) is 4.93. The fraction of sp³-hybridized carbons (Fsp3) is 0.625. The monoisotopic (exact) mass is 280 g/mol. The van der Waals surface area contributed by atoms with Crippen molar-refractivity contribution in [3.63, 3.8) is 0 Å². The van der Waals surface area contributed by atoms with Gasteiger partial charge in [-0.25, -0.2) is 4.39 Å². The van der Waals surface area contributed by atoms with E-state index in [0.717, 1.165) is 17.4 Å². The van der Waals surface area contributed by atoms with Gasteiger partial charge in [-0.15, -0.1) is 0 Å².